The first-order valence-corrected chi connectivity index (χ1v) is 8.06. The molecule has 0 atom stereocenters. The summed E-state index contributed by atoms with van der Waals surface area (Å²) in [6, 6.07) is 4.32. The van der Waals surface area contributed by atoms with Gasteiger partial charge in [-0.1, -0.05) is 60.5 Å². The molecule has 0 spiro atoms. The molecule has 1 aliphatic rings. The van der Waals surface area contributed by atoms with E-state index < -0.39 is 0 Å². The van der Waals surface area contributed by atoms with E-state index in [4.69, 9.17) is 0 Å². The second-order valence-corrected chi connectivity index (χ2v) is 9.06. The van der Waals surface area contributed by atoms with Crippen molar-refractivity contribution in [3.63, 3.8) is 0 Å². The van der Waals surface area contributed by atoms with Crippen molar-refractivity contribution in [1.82, 2.24) is 0 Å². The third-order valence-corrected chi connectivity index (χ3v) is 3.76. The van der Waals surface area contributed by atoms with Gasteiger partial charge in [-0.05, 0) is 41.0 Å². The standard InChI is InChI=1S/C9H14S.C8H16/c1-9(2,3)7-8-5-4-6-10-8;1-8(2,3)6-7-4-5-7/h4-6H,7H2,1-3H3;7H,4-6H2,1-3H3. The van der Waals surface area contributed by atoms with Crippen LogP contribution < -0.4 is 0 Å². The van der Waals surface area contributed by atoms with Crippen molar-refractivity contribution in [3.8, 4) is 0 Å². The maximum absolute atomic E-state index is 2.32. The minimum atomic E-state index is 0.435. The molecule has 1 heteroatoms. The summed E-state index contributed by atoms with van der Waals surface area (Å²) in [5, 5.41) is 2.14. The Kier molecular flexibility index (Phi) is 5.46. The summed E-state index contributed by atoms with van der Waals surface area (Å²) in [6.45, 7) is 13.8. The van der Waals surface area contributed by atoms with E-state index >= 15 is 0 Å². The van der Waals surface area contributed by atoms with E-state index in [0.29, 0.717) is 10.8 Å². The van der Waals surface area contributed by atoms with Gasteiger partial charge in [0.25, 0.3) is 0 Å². The Morgan fingerprint density at radius 3 is 1.94 bits per heavy atom. The molecule has 1 aromatic heterocycles. The molecule has 0 radical (unpaired) electrons. The first kappa shape index (κ1) is 15.8. The van der Waals surface area contributed by atoms with E-state index in [1.165, 1.54) is 30.6 Å². The van der Waals surface area contributed by atoms with Crippen molar-refractivity contribution in [3.05, 3.63) is 22.4 Å². The van der Waals surface area contributed by atoms with Gasteiger partial charge in [-0.15, -0.1) is 11.3 Å². The highest BCUT2D eigenvalue weighted by atomic mass is 32.1. The third kappa shape index (κ3) is 8.74. The molecule has 2 rings (SSSR count). The Hall–Kier alpha value is -0.300. The van der Waals surface area contributed by atoms with Crippen LogP contribution >= 0.6 is 11.3 Å². The molecule has 0 aliphatic heterocycles. The zero-order chi connectivity index (χ0) is 13.8. The van der Waals surface area contributed by atoms with E-state index in [1.54, 1.807) is 0 Å². The zero-order valence-electron chi connectivity index (χ0n) is 13.0. The predicted octanol–water partition coefficient (Wildman–Crippen LogP) is 6.17. The molecule has 0 nitrogen and oxygen atoms in total. The van der Waals surface area contributed by atoms with Crippen LogP contribution in [0.1, 0.15) is 65.7 Å². The van der Waals surface area contributed by atoms with Gasteiger partial charge in [0.05, 0.1) is 0 Å². The Balaban J connectivity index is 0.000000184. The van der Waals surface area contributed by atoms with Crippen molar-refractivity contribution >= 4 is 11.3 Å². The van der Waals surface area contributed by atoms with Crippen molar-refractivity contribution in [2.24, 2.45) is 16.7 Å². The SMILES string of the molecule is CC(C)(C)CC1CC1.CC(C)(C)Cc1cccs1. The molecular formula is C17H30S. The smallest absolute Gasteiger partial charge is 0.00504 e. The number of hydrogen-bond acceptors (Lipinski definition) is 1. The van der Waals surface area contributed by atoms with Crippen LogP contribution in [0.4, 0.5) is 0 Å². The van der Waals surface area contributed by atoms with Crippen LogP contribution in [-0.4, -0.2) is 0 Å². The number of hydrogen-bond donors (Lipinski definition) is 0. The van der Waals surface area contributed by atoms with E-state index in [9.17, 15) is 0 Å². The number of thiophene rings is 1. The Labute approximate surface area is 118 Å². The lowest BCUT2D eigenvalue weighted by molar-refractivity contribution is 0.354. The largest absolute Gasteiger partial charge is 0.149 e. The minimum absolute atomic E-state index is 0.435. The maximum Gasteiger partial charge on any atom is 0.00504 e. The zero-order valence-corrected chi connectivity index (χ0v) is 13.9. The summed E-state index contributed by atoms with van der Waals surface area (Å²) in [7, 11) is 0. The second-order valence-electron chi connectivity index (χ2n) is 8.02. The lowest BCUT2D eigenvalue weighted by Gasteiger charge is -2.16. The van der Waals surface area contributed by atoms with Gasteiger partial charge in [0, 0.05) is 4.88 Å². The topological polar surface area (TPSA) is 0 Å². The third-order valence-electron chi connectivity index (χ3n) is 2.88. The average molecular weight is 266 g/mol. The summed E-state index contributed by atoms with van der Waals surface area (Å²) in [4.78, 5) is 1.49. The van der Waals surface area contributed by atoms with E-state index in [0.717, 1.165) is 5.92 Å². The van der Waals surface area contributed by atoms with Gasteiger partial charge in [0.15, 0.2) is 0 Å². The molecule has 0 amide bonds. The number of rotatable bonds is 2. The Bertz CT molecular complexity index is 317. The fraction of sp³-hybridized carbons (Fsp3) is 0.765. The molecule has 1 aromatic rings. The molecule has 0 aromatic carbocycles. The van der Waals surface area contributed by atoms with Crippen LogP contribution in [0.15, 0.2) is 17.5 Å². The van der Waals surface area contributed by atoms with Gasteiger partial charge in [-0.3, -0.25) is 0 Å². The Morgan fingerprint density at radius 1 is 1.06 bits per heavy atom. The fourth-order valence-corrected chi connectivity index (χ4v) is 3.13. The van der Waals surface area contributed by atoms with Gasteiger partial charge >= 0.3 is 0 Å². The van der Waals surface area contributed by atoms with Crippen LogP contribution in [0.5, 0.6) is 0 Å². The molecule has 0 saturated heterocycles. The normalized spacial score (nSPS) is 16.1. The molecule has 104 valence electrons. The Morgan fingerprint density at radius 2 is 1.67 bits per heavy atom. The highest BCUT2D eigenvalue weighted by Crippen LogP contribution is 2.39. The van der Waals surface area contributed by atoms with Crippen LogP contribution in [0.2, 0.25) is 0 Å². The molecule has 1 saturated carbocycles. The highest BCUT2D eigenvalue weighted by molar-refractivity contribution is 7.09. The lowest BCUT2D eigenvalue weighted by atomic mass is 9.90. The molecular weight excluding hydrogens is 236 g/mol. The quantitative estimate of drug-likeness (QED) is 0.600. The molecule has 1 heterocycles. The van der Waals surface area contributed by atoms with Crippen LogP contribution in [-0.2, 0) is 6.42 Å². The van der Waals surface area contributed by atoms with Crippen LogP contribution in [0.25, 0.3) is 0 Å². The van der Waals surface area contributed by atoms with E-state index in [2.05, 4.69) is 59.1 Å². The second kappa shape index (κ2) is 6.23. The van der Waals surface area contributed by atoms with Crippen LogP contribution in [0.3, 0.4) is 0 Å². The van der Waals surface area contributed by atoms with Gasteiger partial charge < -0.3 is 0 Å². The summed E-state index contributed by atoms with van der Waals surface area (Å²) >= 11 is 1.85. The van der Waals surface area contributed by atoms with Crippen molar-refractivity contribution in [1.29, 1.82) is 0 Å². The first-order chi connectivity index (χ1) is 8.16. The van der Waals surface area contributed by atoms with Gasteiger partial charge in [0.2, 0.25) is 0 Å². The summed E-state index contributed by atoms with van der Waals surface area (Å²) in [5.74, 6) is 1.09. The summed E-state index contributed by atoms with van der Waals surface area (Å²) in [5.41, 5.74) is 1.02. The monoisotopic (exact) mass is 266 g/mol. The maximum atomic E-state index is 2.32. The van der Waals surface area contributed by atoms with E-state index in [-0.39, 0.29) is 0 Å². The first-order valence-electron chi connectivity index (χ1n) is 7.18. The van der Waals surface area contributed by atoms with Crippen LogP contribution in [0, 0.1) is 16.7 Å². The molecule has 0 unspecified atom stereocenters. The molecule has 1 aliphatic carbocycles. The van der Waals surface area contributed by atoms with Crippen molar-refractivity contribution < 1.29 is 0 Å². The van der Waals surface area contributed by atoms with Gasteiger partial charge in [-0.25, -0.2) is 0 Å². The predicted molar refractivity (Wildman–Crippen MR) is 84.3 cm³/mol. The fourth-order valence-electron chi connectivity index (χ4n) is 2.12. The lowest BCUT2D eigenvalue weighted by Crippen LogP contribution is -2.07. The molecule has 18 heavy (non-hydrogen) atoms. The highest BCUT2D eigenvalue weighted by Gasteiger charge is 2.26. The van der Waals surface area contributed by atoms with Gasteiger partial charge in [-0.2, -0.15) is 0 Å². The molecule has 0 N–H and O–H groups in total. The summed E-state index contributed by atoms with van der Waals surface area (Å²) < 4.78 is 0. The van der Waals surface area contributed by atoms with Gasteiger partial charge in [0.1, 0.15) is 0 Å². The van der Waals surface area contributed by atoms with Crippen molar-refractivity contribution in [2.45, 2.75) is 67.2 Å². The minimum Gasteiger partial charge on any atom is -0.149 e. The summed E-state index contributed by atoms with van der Waals surface area (Å²) in [6.07, 6.45) is 5.63. The van der Waals surface area contributed by atoms with E-state index in [1.807, 2.05) is 11.3 Å². The average Bonchev–Trinajstić information content (AvgIpc) is 2.76. The molecule has 0 bridgehead atoms. The molecule has 1 fully saturated rings. The van der Waals surface area contributed by atoms with Crippen molar-refractivity contribution in [2.75, 3.05) is 0 Å².